The van der Waals surface area contributed by atoms with Gasteiger partial charge in [-0.15, -0.1) is 0 Å². The highest BCUT2D eigenvalue weighted by molar-refractivity contribution is 5.87. The van der Waals surface area contributed by atoms with Crippen molar-refractivity contribution < 1.29 is 14.4 Å². The van der Waals surface area contributed by atoms with E-state index >= 15 is 0 Å². The maximum Gasteiger partial charge on any atom is 0.374 e. The fourth-order valence-corrected chi connectivity index (χ4v) is 1.81. The molecule has 2 N–H and O–H groups in total. The van der Waals surface area contributed by atoms with Crippen LogP contribution in [0.1, 0.15) is 10.6 Å². The van der Waals surface area contributed by atoms with Crippen LogP contribution in [0.4, 0.5) is 0 Å². The lowest BCUT2D eigenvalue weighted by Crippen LogP contribution is -1.91. The van der Waals surface area contributed by atoms with Crippen molar-refractivity contribution in [2.24, 2.45) is 0 Å². The molecule has 1 aromatic carbocycles. The molecule has 6 nitrogen and oxygen atoms in total. The molecular weight excluding hydrogens is 246 g/mol. The topological polar surface area (TPSA) is 92.0 Å². The molecule has 0 saturated carbocycles. The number of carbonyl (C=O) groups is 1. The summed E-state index contributed by atoms with van der Waals surface area (Å²) in [6.45, 7) is 0. The number of aromatic amines is 1. The predicted octanol–water partition coefficient (Wildman–Crippen LogP) is 2.43. The largest absolute Gasteiger partial charge is 0.475 e. The molecule has 2 heterocycles. The van der Waals surface area contributed by atoms with Crippen molar-refractivity contribution in [2.75, 3.05) is 0 Å². The van der Waals surface area contributed by atoms with Gasteiger partial charge in [0.1, 0.15) is 5.69 Å². The van der Waals surface area contributed by atoms with Crippen LogP contribution in [-0.2, 0) is 0 Å². The molecule has 6 heteroatoms. The lowest BCUT2D eigenvalue weighted by molar-refractivity contribution is 0.0652. The Labute approximate surface area is 107 Å². The maximum atomic E-state index is 10.8. The van der Waals surface area contributed by atoms with Gasteiger partial charge in [0.05, 0.1) is 11.9 Å². The smallest absolute Gasteiger partial charge is 0.374 e. The Morgan fingerprint density at radius 1 is 1.26 bits per heavy atom. The van der Waals surface area contributed by atoms with Gasteiger partial charge < -0.3 is 9.63 Å². The van der Waals surface area contributed by atoms with Crippen molar-refractivity contribution in [1.29, 1.82) is 0 Å². The Balaban J connectivity index is 2.07. The second kappa shape index (κ2) is 4.41. The van der Waals surface area contributed by atoms with Crippen molar-refractivity contribution in [2.45, 2.75) is 0 Å². The Morgan fingerprint density at radius 2 is 2.05 bits per heavy atom. The highest BCUT2D eigenvalue weighted by atomic mass is 16.5. The summed E-state index contributed by atoms with van der Waals surface area (Å²) in [7, 11) is 0. The van der Waals surface area contributed by atoms with Gasteiger partial charge in [0.25, 0.3) is 0 Å². The molecule has 0 saturated heterocycles. The minimum absolute atomic E-state index is 0.199. The lowest BCUT2D eigenvalue weighted by Gasteiger charge is -1.99. The van der Waals surface area contributed by atoms with E-state index in [1.807, 2.05) is 30.3 Å². The molecule has 0 amide bonds. The first-order valence-electron chi connectivity index (χ1n) is 5.55. The summed E-state index contributed by atoms with van der Waals surface area (Å²) in [4.78, 5) is 10.8. The monoisotopic (exact) mass is 255 g/mol. The number of rotatable bonds is 3. The number of carboxylic acids is 1. The number of aromatic carboxylic acids is 1. The molecule has 0 aliphatic carbocycles. The fraction of sp³-hybridized carbons (Fsp3) is 0. The van der Waals surface area contributed by atoms with Crippen molar-refractivity contribution in [1.82, 2.24) is 15.4 Å². The normalized spacial score (nSPS) is 10.5. The summed E-state index contributed by atoms with van der Waals surface area (Å²) in [5, 5.41) is 19.4. The first-order valence-corrected chi connectivity index (χ1v) is 5.55. The molecule has 19 heavy (non-hydrogen) atoms. The minimum Gasteiger partial charge on any atom is -0.475 e. The predicted molar refractivity (Wildman–Crippen MR) is 66.5 cm³/mol. The van der Waals surface area contributed by atoms with Crippen LogP contribution in [0.5, 0.6) is 0 Å². The number of H-pyrrole nitrogens is 1. The molecule has 3 rings (SSSR count). The second-order valence-electron chi connectivity index (χ2n) is 3.91. The Bertz CT molecular complexity index is 716. The molecule has 0 radical (unpaired) electrons. The molecule has 0 aliphatic heterocycles. The van der Waals surface area contributed by atoms with Crippen molar-refractivity contribution in [3.8, 4) is 22.5 Å². The van der Waals surface area contributed by atoms with E-state index in [1.165, 1.54) is 6.07 Å². The lowest BCUT2D eigenvalue weighted by atomic mass is 10.1. The summed E-state index contributed by atoms with van der Waals surface area (Å²) < 4.78 is 4.75. The number of hydrogen-bond acceptors (Lipinski definition) is 4. The maximum absolute atomic E-state index is 10.8. The highest BCUT2D eigenvalue weighted by Crippen LogP contribution is 2.29. The highest BCUT2D eigenvalue weighted by Gasteiger charge is 2.16. The molecule has 3 aromatic rings. The van der Waals surface area contributed by atoms with Crippen LogP contribution < -0.4 is 0 Å². The zero-order chi connectivity index (χ0) is 13.2. The van der Waals surface area contributed by atoms with E-state index in [9.17, 15) is 4.79 Å². The summed E-state index contributed by atoms with van der Waals surface area (Å²) in [6.07, 6.45) is 1.59. The molecular formula is C13H9N3O3. The molecule has 0 spiro atoms. The third-order valence-electron chi connectivity index (χ3n) is 2.70. The first-order chi connectivity index (χ1) is 9.25. The van der Waals surface area contributed by atoms with Gasteiger partial charge in [0.15, 0.2) is 0 Å². The molecule has 0 unspecified atom stereocenters. The number of nitrogens with one attached hydrogen (secondary N) is 1. The summed E-state index contributed by atoms with van der Waals surface area (Å²) in [5.41, 5.74) is 2.84. The van der Waals surface area contributed by atoms with E-state index in [2.05, 4.69) is 15.4 Å². The van der Waals surface area contributed by atoms with E-state index in [1.54, 1.807) is 6.20 Å². The van der Waals surface area contributed by atoms with Crippen LogP contribution in [0.15, 0.2) is 47.1 Å². The van der Waals surface area contributed by atoms with Gasteiger partial charge in [-0.2, -0.15) is 5.10 Å². The summed E-state index contributed by atoms with van der Waals surface area (Å²) in [6, 6.07) is 11.0. The van der Waals surface area contributed by atoms with E-state index < -0.39 is 5.97 Å². The molecule has 0 atom stereocenters. The van der Waals surface area contributed by atoms with Gasteiger partial charge in [-0.05, 0) is 0 Å². The average molecular weight is 255 g/mol. The van der Waals surface area contributed by atoms with Gasteiger partial charge in [0, 0.05) is 17.2 Å². The molecule has 0 fully saturated rings. The number of aromatic nitrogens is 3. The number of carboxylic acid groups (broad SMARTS) is 1. The second-order valence-corrected chi connectivity index (χ2v) is 3.91. The average Bonchev–Trinajstić information content (AvgIpc) is 3.08. The molecule has 0 bridgehead atoms. The standard InChI is InChI=1S/C13H9N3O3/c17-13(18)11-6-10(16-19-11)9-7-14-15-12(9)8-4-2-1-3-5-8/h1-7H,(H,14,15)(H,17,18). The zero-order valence-electron chi connectivity index (χ0n) is 9.70. The molecule has 2 aromatic heterocycles. The van der Waals surface area contributed by atoms with Gasteiger partial charge in [-0.25, -0.2) is 4.79 Å². The van der Waals surface area contributed by atoms with Crippen LogP contribution in [0, 0.1) is 0 Å². The van der Waals surface area contributed by atoms with Crippen LogP contribution in [0.3, 0.4) is 0 Å². The fourth-order valence-electron chi connectivity index (χ4n) is 1.81. The first kappa shape index (κ1) is 11.2. The Kier molecular flexibility index (Phi) is 2.60. The Morgan fingerprint density at radius 3 is 2.74 bits per heavy atom. The van der Waals surface area contributed by atoms with Crippen LogP contribution >= 0.6 is 0 Å². The third kappa shape index (κ3) is 1.99. The molecule has 94 valence electrons. The van der Waals surface area contributed by atoms with Crippen LogP contribution in [0.2, 0.25) is 0 Å². The number of hydrogen-bond donors (Lipinski definition) is 2. The molecule has 0 aliphatic rings. The van der Waals surface area contributed by atoms with Gasteiger partial charge in [0.2, 0.25) is 5.76 Å². The van der Waals surface area contributed by atoms with Gasteiger partial charge in [-0.3, -0.25) is 5.10 Å². The van der Waals surface area contributed by atoms with E-state index in [0.29, 0.717) is 11.3 Å². The van der Waals surface area contributed by atoms with Crippen molar-refractivity contribution in [3.05, 3.63) is 48.4 Å². The summed E-state index contributed by atoms with van der Waals surface area (Å²) in [5.74, 6) is -1.35. The number of benzene rings is 1. The zero-order valence-corrected chi connectivity index (χ0v) is 9.70. The quantitative estimate of drug-likeness (QED) is 0.749. The van der Waals surface area contributed by atoms with Gasteiger partial charge in [-0.1, -0.05) is 35.5 Å². The van der Waals surface area contributed by atoms with Crippen molar-refractivity contribution >= 4 is 5.97 Å². The van der Waals surface area contributed by atoms with Crippen LogP contribution in [-0.4, -0.2) is 26.4 Å². The summed E-state index contributed by atoms with van der Waals surface area (Å²) >= 11 is 0. The van der Waals surface area contributed by atoms with Crippen LogP contribution in [0.25, 0.3) is 22.5 Å². The van der Waals surface area contributed by atoms with Crippen molar-refractivity contribution in [3.63, 3.8) is 0 Å². The minimum atomic E-state index is -1.15. The Hall–Kier alpha value is -2.89. The van der Waals surface area contributed by atoms with E-state index in [-0.39, 0.29) is 5.76 Å². The third-order valence-corrected chi connectivity index (χ3v) is 2.70. The van der Waals surface area contributed by atoms with E-state index in [4.69, 9.17) is 9.63 Å². The van der Waals surface area contributed by atoms with E-state index in [0.717, 1.165) is 11.3 Å². The SMILES string of the molecule is O=C(O)c1cc(-c2cn[nH]c2-c2ccccc2)no1. The van der Waals surface area contributed by atoms with Gasteiger partial charge >= 0.3 is 5.97 Å². The number of nitrogens with zero attached hydrogens (tertiary/aromatic N) is 2.